The molecule has 1 heterocycles. The van der Waals surface area contributed by atoms with Gasteiger partial charge in [0.25, 0.3) is 0 Å². The van der Waals surface area contributed by atoms with E-state index in [1.54, 1.807) is 0 Å². The number of carbonyl (C=O) groups is 1. The highest BCUT2D eigenvalue weighted by Gasteiger charge is 2.18. The average molecular weight is 278 g/mol. The lowest BCUT2D eigenvalue weighted by Gasteiger charge is -2.07. The molecule has 2 N–H and O–H groups in total. The molecule has 3 nitrogen and oxygen atoms in total. The number of nitrogens with two attached hydrogens (primary N) is 1. The summed E-state index contributed by atoms with van der Waals surface area (Å²) >= 11 is 0. The van der Waals surface area contributed by atoms with E-state index in [1.807, 2.05) is 24.3 Å². The molecule has 0 saturated carbocycles. The van der Waals surface area contributed by atoms with E-state index in [1.165, 1.54) is 11.1 Å². The first-order valence-corrected chi connectivity index (χ1v) is 7.08. The van der Waals surface area contributed by atoms with Gasteiger partial charge in [0, 0.05) is 18.5 Å². The number of hydrogen-bond acceptors (Lipinski definition) is 3. The van der Waals surface area contributed by atoms with E-state index in [-0.39, 0.29) is 5.78 Å². The SMILES string of the molecule is Cc1cc2c(cc1C)N=C(c1cccc(N)c1)CC(=O)C2. The summed E-state index contributed by atoms with van der Waals surface area (Å²) in [5.74, 6) is 0.193. The number of Topliss-reactive ketones (excluding diaryl/α,β-unsaturated/α-hetero) is 1. The number of benzene rings is 2. The minimum Gasteiger partial charge on any atom is -0.399 e. The van der Waals surface area contributed by atoms with Gasteiger partial charge in [-0.3, -0.25) is 9.79 Å². The summed E-state index contributed by atoms with van der Waals surface area (Å²) < 4.78 is 0. The van der Waals surface area contributed by atoms with Crippen LogP contribution < -0.4 is 5.73 Å². The van der Waals surface area contributed by atoms with Crippen molar-refractivity contribution < 1.29 is 4.79 Å². The van der Waals surface area contributed by atoms with Gasteiger partial charge in [-0.25, -0.2) is 0 Å². The molecule has 21 heavy (non-hydrogen) atoms. The Kier molecular flexibility index (Phi) is 3.34. The minimum atomic E-state index is 0.193. The molecule has 2 aromatic carbocycles. The van der Waals surface area contributed by atoms with Crippen LogP contribution in [0.3, 0.4) is 0 Å². The van der Waals surface area contributed by atoms with E-state index < -0.39 is 0 Å². The van der Waals surface area contributed by atoms with Crippen molar-refractivity contribution in [3.8, 4) is 0 Å². The first-order chi connectivity index (χ1) is 10.0. The van der Waals surface area contributed by atoms with E-state index in [2.05, 4.69) is 26.0 Å². The van der Waals surface area contributed by atoms with Gasteiger partial charge >= 0.3 is 0 Å². The predicted octanol–water partition coefficient (Wildman–Crippen LogP) is 3.52. The van der Waals surface area contributed by atoms with Crippen LogP contribution >= 0.6 is 0 Å². The number of nitrogen functional groups attached to an aromatic ring is 1. The second-order valence-corrected chi connectivity index (χ2v) is 5.64. The van der Waals surface area contributed by atoms with E-state index in [0.29, 0.717) is 18.5 Å². The van der Waals surface area contributed by atoms with Crippen LogP contribution in [-0.2, 0) is 11.2 Å². The fourth-order valence-electron chi connectivity index (χ4n) is 2.64. The topological polar surface area (TPSA) is 55.4 Å². The zero-order valence-electron chi connectivity index (χ0n) is 12.3. The van der Waals surface area contributed by atoms with Crippen molar-refractivity contribution in [2.24, 2.45) is 4.99 Å². The van der Waals surface area contributed by atoms with Crippen molar-refractivity contribution in [2.45, 2.75) is 26.7 Å². The van der Waals surface area contributed by atoms with Crippen molar-refractivity contribution in [1.82, 2.24) is 0 Å². The van der Waals surface area contributed by atoms with Gasteiger partial charge in [-0.2, -0.15) is 0 Å². The predicted molar refractivity (Wildman–Crippen MR) is 86.3 cm³/mol. The number of hydrogen-bond donors (Lipinski definition) is 1. The molecular formula is C18H18N2O. The van der Waals surface area contributed by atoms with Crippen LogP contribution in [0, 0.1) is 13.8 Å². The molecular weight excluding hydrogens is 260 g/mol. The van der Waals surface area contributed by atoms with Crippen molar-refractivity contribution in [1.29, 1.82) is 0 Å². The molecule has 1 aliphatic heterocycles. The van der Waals surface area contributed by atoms with Crippen LogP contribution in [0.5, 0.6) is 0 Å². The Labute approximate surface area is 124 Å². The molecule has 0 saturated heterocycles. The van der Waals surface area contributed by atoms with E-state index in [4.69, 9.17) is 10.7 Å². The highest BCUT2D eigenvalue weighted by Crippen LogP contribution is 2.29. The molecule has 0 fully saturated rings. The first kappa shape index (κ1) is 13.6. The third-order valence-corrected chi connectivity index (χ3v) is 3.92. The lowest BCUT2D eigenvalue weighted by atomic mass is 9.99. The standard InChI is InChI=1S/C18H18N2O/c1-11-6-14-9-16(21)10-18(20-17(14)7-12(11)2)13-4-3-5-15(19)8-13/h3-8H,9-10,19H2,1-2H3. The number of nitrogens with zero attached hydrogens (tertiary/aromatic N) is 1. The maximum Gasteiger partial charge on any atom is 0.143 e. The largest absolute Gasteiger partial charge is 0.399 e. The molecule has 0 radical (unpaired) electrons. The molecule has 0 spiro atoms. The highest BCUT2D eigenvalue weighted by atomic mass is 16.1. The molecule has 0 atom stereocenters. The molecule has 0 amide bonds. The van der Waals surface area contributed by atoms with Gasteiger partial charge in [0.2, 0.25) is 0 Å². The van der Waals surface area contributed by atoms with Crippen LogP contribution in [0.1, 0.15) is 28.7 Å². The molecule has 3 heteroatoms. The summed E-state index contributed by atoms with van der Waals surface area (Å²) in [5, 5.41) is 0. The Morgan fingerprint density at radius 2 is 1.81 bits per heavy atom. The maximum absolute atomic E-state index is 12.2. The summed E-state index contributed by atoms with van der Waals surface area (Å²) in [6.07, 6.45) is 0.808. The molecule has 1 aliphatic rings. The molecule has 0 unspecified atom stereocenters. The van der Waals surface area contributed by atoms with Gasteiger partial charge in [-0.15, -0.1) is 0 Å². The highest BCUT2D eigenvalue weighted by molar-refractivity contribution is 6.13. The first-order valence-electron chi connectivity index (χ1n) is 7.08. The monoisotopic (exact) mass is 278 g/mol. The van der Waals surface area contributed by atoms with Gasteiger partial charge in [0.1, 0.15) is 5.78 Å². The fourth-order valence-corrected chi connectivity index (χ4v) is 2.64. The number of anilines is 1. The lowest BCUT2D eigenvalue weighted by Crippen LogP contribution is -2.09. The Bertz CT molecular complexity index is 760. The van der Waals surface area contributed by atoms with Crippen LogP contribution in [0.25, 0.3) is 0 Å². The van der Waals surface area contributed by atoms with Crippen LogP contribution in [0.4, 0.5) is 11.4 Å². The number of aliphatic imine (C=N–C) groups is 1. The number of aryl methyl sites for hydroxylation is 2. The van der Waals surface area contributed by atoms with Gasteiger partial charge in [0.05, 0.1) is 11.4 Å². The van der Waals surface area contributed by atoms with Gasteiger partial charge < -0.3 is 5.73 Å². The summed E-state index contributed by atoms with van der Waals surface area (Å²) in [6.45, 7) is 4.13. The van der Waals surface area contributed by atoms with Gasteiger partial charge in [-0.1, -0.05) is 18.2 Å². The number of ketones is 1. The Hall–Kier alpha value is -2.42. The normalized spacial score (nSPS) is 14.4. The van der Waals surface area contributed by atoms with Crippen LogP contribution in [0.15, 0.2) is 41.4 Å². The zero-order valence-corrected chi connectivity index (χ0v) is 12.3. The molecule has 106 valence electrons. The van der Waals surface area contributed by atoms with E-state index in [0.717, 1.165) is 22.5 Å². The minimum absolute atomic E-state index is 0.193. The summed E-state index contributed by atoms with van der Waals surface area (Å²) in [7, 11) is 0. The lowest BCUT2D eigenvalue weighted by molar-refractivity contribution is -0.117. The Morgan fingerprint density at radius 1 is 1.05 bits per heavy atom. The van der Waals surface area contributed by atoms with E-state index in [9.17, 15) is 4.79 Å². The number of rotatable bonds is 1. The summed E-state index contributed by atoms with van der Waals surface area (Å²) in [4.78, 5) is 16.9. The van der Waals surface area contributed by atoms with Crippen molar-refractivity contribution in [3.63, 3.8) is 0 Å². The number of fused-ring (bicyclic) bond motifs is 1. The van der Waals surface area contributed by atoms with Crippen molar-refractivity contribution in [3.05, 3.63) is 58.7 Å². The zero-order chi connectivity index (χ0) is 15.0. The molecule has 0 bridgehead atoms. The molecule has 3 rings (SSSR count). The van der Waals surface area contributed by atoms with Gasteiger partial charge in [-0.05, 0) is 54.3 Å². The quantitative estimate of drug-likeness (QED) is 0.811. The third-order valence-electron chi connectivity index (χ3n) is 3.92. The number of carbonyl (C=O) groups excluding carboxylic acids is 1. The summed E-state index contributed by atoms with van der Waals surface area (Å²) in [6, 6.07) is 11.7. The third kappa shape index (κ3) is 2.72. The van der Waals surface area contributed by atoms with Crippen LogP contribution in [0.2, 0.25) is 0 Å². The van der Waals surface area contributed by atoms with Crippen LogP contribution in [-0.4, -0.2) is 11.5 Å². The van der Waals surface area contributed by atoms with Crippen molar-refractivity contribution >= 4 is 22.9 Å². The summed E-state index contributed by atoms with van der Waals surface area (Å²) in [5.41, 5.74) is 12.6. The van der Waals surface area contributed by atoms with Crippen molar-refractivity contribution in [2.75, 3.05) is 5.73 Å². The average Bonchev–Trinajstić information content (AvgIpc) is 2.58. The molecule has 0 aromatic heterocycles. The second kappa shape index (κ2) is 5.17. The fraction of sp³-hybridized carbons (Fsp3) is 0.222. The molecule has 2 aromatic rings. The second-order valence-electron chi connectivity index (χ2n) is 5.64. The smallest absolute Gasteiger partial charge is 0.143 e. The molecule has 0 aliphatic carbocycles. The Morgan fingerprint density at radius 3 is 2.57 bits per heavy atom. The maximum atomic E-state index is 12.2. The van der Waals surface area contributed by atoms with Gasteiger partial charge in [0.15, 0.2) is 0 Å². The Balaban J connectivity index is 2.14. The van der Waals surface area contributed by atoms with E-state index >= 15 is 0 Å².